The molecule has 0 aliphatic carbocycles. The summed E-state index contributed by atoms with van der Waals surface area (Å²) in [6.07, 6.45) is 1.95. The third-order valence-corrected chi connectivity index (χ3v) is 4.00. The first kappa shape index (κ1) is 18.3. The molecule has 24 heavy (non-hydrogen) atoms. The number of hydrogen-bond acceptors (Lipinski definition) is 5. The molecule has 0 N–H and O–H groups in total. The second kappa shape index (κ2) is 9.27. The highest BCUT2D eigenvalue weighted by Crippen LogP contribution is 2.15. The lowest BCUT2D eigenvalue weighted by molar-refractivity contribution is -0.147. The number of methoxy groups -OCH3 is 1. The number of nitrogens with zero attached hydrogens (tertiary/aromatic N) is 1. The third kappa shape index (κ3) is 5.53. The number of benzene rings is 1. The number of esters is 1. The minimum absolute atomic E-state index is 0.0236. The second-order valence-corrected chi connectivity index (χ2v) is 5.96. The largest absolute Gasteiger partial charge is 0.484 e. The predicted octanol–water partition coefficient (Wildman–Crippen LogP) is 1.88. The minimum Gasteiger partial charge on any atom is -0.484 e. The zero-order valence-electron chi connectivity index (χ0n) is 14.3. The Labute approximate surface area is 142 Å². The smallest absolute Gasteiger partial charge is 0.310 e. The van der Waals surface area contributed by atoms with Crippen LogP contribution in [0.5, 0.6) is 5.75 Å². The molecule has 0 bridgehead atoms. The van der Waals surface area contributed by atoms with Crippen molar-refractivity contribution in [3.05, 3.63) is 30.3 Å². The van der Waals surface area contributed by atoms with Crippen molar-refractivity contribution in [2.24, 2.45) is 5.92 Å². The van der Waals surface area contributed by atoms with Gasteiger partial charge in [0, 0.05) is 19.7 Å². The van der Waals surface area contributed by atoms with Crippen molar-refractivity contribution in [2.45, 2.75) is 25.9 Å². The average Bonchev–Trinajstić information content (AvgIpc) is 3.12. The van der Waals surface area contributed by atoms with Crippen LogP contribution >= 0.6 is 0 Å². The normalized spacial score (nSPS) is 18.0. The Hall–Kier alpha value is -2.08. The van der Waals surface area contributed by atoms with Crippen LogP contribution in [0, 0.1) is 5.92 Å². The number of amides is 1. The monoisotopic (exact) mass is 335 g/mol. The summed E-state index contributed by atoms with van der Waals surface area (Å²) in [4.78, 5) is 25.8. The molecule has 1 aliphatic rings. The van der Waals surface area contributed by atoms with Crippen LogP contribution in [0.15, 0.2) is 30.3 Å². The van der Waals surface area contributed by atoms with Crippen molar-refractivity contribution in [2.75, 3.05) is 33.4 Å². The molecule has 0 radical (unpaired) electrons. The number of rotatable bonds is 8. The maximum atomic E-state index is 12.5. The zero-order chi connectivity index (χ0) is 17.4. The highest BCUT2D eigenvalue weighted by molar-refractivity contribution is 5.79. The molecule has 6 heteroatoms. The molecule has 132 valence electrons. The van der Waals surface area contributed by atoms with Crippen LogP contribution in [0.4, 0.5) is 0 Å². The van der Waals surface area contributed by atoms with E-state index in [9.17, 15) is 9.59 Å². The van der Waals surface area contributed by atoms with E-state index in [0.717, 1.165) is 19.4 Å². The summed E-state index contributed by atoms with van der Waals surface area (Å²) >= 11 is 0. The van der Waals surface area contributed by atoms with Gasteiger partial charge < -0.3 is 19.1 Å². The number of carbonyl (C=O) groups excluding carboxylic acids is 2. The van der Waals surface area contributed by atoms with E-state index in [4.69, 9.17) is 14.2 Å². The van der Waals surface area contributed by atoms with Crippen molar-refractivity contribution in [3.8, 4) is 5.75 Å². The highest BCUT2D eigenvalue weighted by atomic mass is 16.5. The Morgan fingerprint density at radius 2 is 2.08 bits per heavy atom. The molecule has 2 unspecified atom stereocenters. The summed E-state index contributed by atoms with van der Waals surface area (Å²) in [6.45, 7) is 3.17. The summed E-state index contributed by atoms with van der Waals surface area (Å²) < 4.78 is 15.9. The van der Waals surface area contributed by atoms with Gasteiger partial charge in [0.15, 0.2) is 6.61 Å². The van der Waals surface area contributed by atoms with Crippen LogP contribution in [0.1, 0.15) is 19.8 Å². The molecule has 1 fully saturated rings. The van der Waals surface area contributed by atoms with Gasteiger partial charge in [-0.2, -0.15) is 0 Å². The van der Waals surface area contributed by atoms with E-state index in [2.05, 4.69) is 0 Å². The Balaban J connectivity index is 1.94. The fraction of sp³-hybridized carbons (Fsp3) is 0.556. The summed E-state index contributed by atoms with van der Waals surface area (Å²) in [5, 5.41) is 0. The van der Waals surface area contributed by atoms with Crippen LogP contribution < -0.4 is 4.74 Å². The number of hydrogen-bond donors (Lipinski definition) is 0. The number of carbonyl (C=O) groups is 2. The summed E-state index contributed by atoms with van der Waals surface area (Å²) in [6, 6.07) is 9.19. The molecule has 6 nitrogen and oxygen atoms in total. The van der Waals surface area contributed by atoms with Gasteiger partial charge in [-0.05, 0) is 25.0 Å². The van der Waals surface area contributed by atoms with E-state index in [-0.39, 0.29) is 24.6 Å². The lowest BCUT2D eigenvalue weighted by Gasteiger charge is -2.27. The molecule has 1 aromatic carbocycles. The maximum absolute atomic E-state index is 12.5. The molecule has 1 aromatic rings. The van der Waals surface area contributed by atoms with Crippen molar-refractivity contribution in [3.63, 3.8) is 0 Å². The van der Waals surface area contributed by atoms with Crippen LogP contribution in [0.2, 0.25) is 0 Å². The Bertz CT molecular complexity index is 527. The van der Waals surface area contributed by atoms with E-state index in [1.807, 2.05) is 18.2 Å². The van der Waals surface area contributed by atoms with Gasteiger partial charge in [0.1, 0.15) is 5.75 Å². The number of para-hydroxylation sites is 1. The zero-order valence-corrected chi connectivity index (χ0v) is 14.3. The molecular formula is C18H25NO5. The van der Waals surface area contributed by atoms with Crippen molar-refractivity contribution in [1.82, 2.24) is 4.90 Å². The maximum Gasteiger partial charge on any atom is 0.310 e. The highest BCUT2D eigenvalue weighted by Gasteiger charge is 2.26. The summed E-state index contributed by atoms with van der Waals surface area (Å²) in [5.41, 5.74) is 0. The summed E-state index contributed by atoms with van der Waals surface area (Å²) in [5.74, 6) is -0.241. The van der Waals surface area contributed by atoms with Gasteiger partial charge in [0.2, 0.25) is 0 Å². The van der Waals surface area contributed by atoms with Gasteiger partial charge in [-0.3, -0.25) is 9.59 Å². The van der Waals surface area contributed by atoms with Gasteiger partial charge in [0.25, 0.3) is 5.91 Å². The molecule has 1 saturated heterocycles. The first-order valence-corrected chi connectivity index (χ1v) is 8.25. The molecule has 0 spiro atoms. The fourth-order valence-electron chi connectivity index (χ4n) is 2.67. The van der Waals surface area contributed by atoms with E-state index in [1.165, 1.54) is 7.11 Å². The van der Waals surface area contributed by atoms with Crippen LogP contribution in [0.25, 0.3) is 0 Å². The van der Waals surface area contributed by atoms with E-state index >= 15 is 0 Å². The Morgan fingerprint density at radius 1 is 1.33 bits per heavy atom. The van der Waals surface area contributed by atoms with Gasteiger partial charge >= 0.3 is 5.97 Å². The topological polar surface area (TPSA) is 65.1 Å². The van der Waals surface area contributed by atoms with Gasteiger partial charge in [0.05, 0.1) is 19.1 Å². The third-order valence-electron chi connectivity index (χ3n) is 4.00. The first-order chi connectivity index (χ1) is 11.6. The van der Waals surface area contributed by atoms with Gasteiger partial charge in [-0.25, -0.2) is 0 Å². The van der Waals surface area contributed by atoms with Crippen LogP contribution in [-0.4, -0.2) is 56.3 Å². The summed E-state index contributed by atoms with van der Waals surface area (Å²) in [7, 11) is 1.35. The fourth-order valence-corrected chi connectivity index (χ4v) is 2.67. The Kier molecular flexibility index (Phi) is 7.06. The van der Waals surface area contributed by atoms with Gasteiger partial charge in [-0.1, -0.05) is 25.1 Å². The van der Waals surface area contributed by atoms with Crippen LogP contribution in [-0.2, 0) is 19.1 Å². The SMILES string of the molecule is COC(=O)C(C)CN(CC1CCCO1)C(=O)COc1ccccc1. The predicted molar refractivity (Wildman–Crippen MR) is 88.7 cm³/mol. The molecule has 2 rings (SSSR count). The van der Waals surface area contributed by atoms with Gasteiger partial charge in [-0.15, -0.1) is 0 Å². The van der Waals surface area contributed by atoms with Crippen molar-refractivity contribution < 1.29 is 23.8 Å². The average molecular weight is 335 g/mol. The lowest BCUT2D eigenvalue weighted by atomic mass is 10.1. The minimum atomic E-state index is -0.392. The second-order valence-electron chi connectivity index (χ2n) is 5.96. The number of ether oxygens (including phenoxy) is 3. The van der Waals surface area contributed by atoms with E-state index < -0.39 is 5.92 Å². The first-order valence-electron chi connectivity index (χ1n) is 8.25. The molecular weight excluding hydrogens is 310 g/mol. The lowest BCUT2D eigenvalue weighted by Crippen LogP contribution is -2.43. The molecule has 1 aliphatic heterocycles. The molecule has 1 heterocycles. The molecule has 2 atom stereocenters. The molecule has 0 aromatic heterocycles. The van der Waals surface area contributed by atoms with Crippen molar-refractivity contribution in [1.29, 1.82) is 0 Å². The van der Waals surface area contributed by atoms with Crippen LogP contribution in [0.3, 0.4) is 0 Å². The molecule has 1 amide bonds. The molecule has 0 saturated carbocycles. The van der Waals surface area contributed by atoms with Crippen molar-refractivity contribution >= 4 is 11.9 Å². The van der Waals surface area contributed by atoms with E-state index in [0.29, 0.717) is 18.8 Å². The Morgan fingerprint density at radius 3 is 2.71 bits per heavy atom. The standard InChI is InChI=1S/C18H25NO5/c1-14(18(21)22-2)11-19(12-16-9-6-10-23-16)17(20)13-24-15-7-4-3-5-8-15/h3-5,7-8,14,16H,6,9-13H2,1-2H3. The van der Waals surface area contributed by atoms with E-state index in [1.54, 1.807) is 24.0 Å². The quantitative estimate of drug-likeness (QED) is 0.679.